The molecule has 0 unspecified atom stereocenters. The largest absolute Gasteiger partial charge is 0.343 e. The molecular weight excluding hydrogens is 288 g/mol. The Morgan fingerprint density at radius 1 is 1.38 bits per heavy atom. The van der Waals surface area contributed by atoms with Crippen LogP contribution in [0.1, 0.15) is 13.8 Å². The molecule has 112 valence electrons. The number of nitrogen functional groups attached to an aromatic ring is 1. The highest BCUT2D eigenvalue weighted by Gasteiger charge is 2.15. The zero-order valence-corrected chi connectivity index (χ0v) is 12.9. The number of amides is 1. The first-order valence-corrected chi connectivity index (χ1v) is 7.67. The third-order valence-corrected chi connectivity index (χ3v) is 3.95. The Bertz CT molecular complexity index is 596. The van der Waals surface area contributed by atoms with Gasteiger partial charge in [0.2, 0.25) is 11.1 Å². The van der Waals surface area contributed by atoms with Crippen LogP contribution >= 0.6 is 11.8 Å². The summed E-state index contributed by atoms with van der Waals surface area (Å²) in [5.74, 6) is 6.87. The molecule has 1 amide bonds. The highest BCUT2D eigenvalue weighted by molar-refractivity contribution is 7.99. The Labute approximate surface area is 127 Å². The van der Waals surface area contributed by atoms with Crippen LogP contribution in [-0.2, 0) is 4.79 Å². The number of pyridine rings is 1. The van der Waals surface area contributed by atoms with Crippen molar-refractivity contribution in [3.8, 4) is 11.4 Å². The lowest BCUT2D eigenvalue weighted by Crippen LogP contribution is -2.32. The summed E-state index contributed by atoms with van der Waals surface area (Å²) < 4.78 is 1.39. The molecule has 0 saturated carbocycles. The maximum Gasteiger partial charge on any atom is 0.233 e. The normalized spacial score (nSPS) is 10.6. The van der Waals surface area contributed by atoms with E-state index >= 15 is 0 Å². The van der Waals surface area contributed by atoms with Crippen LogP contribution in [-0.4, -0.2) is 49.5 Å². The number of aromatic nitrogens is 4. The number of nitrogens with zero attached hydrogens (tertiary/aromatic N) is 5. The fraction of sp³-hybridized carbons (Fsp3) is 0.385. The van der Waals surface area contributed by atoms with Crippen LogP contribution < -0.4 is 5.84 Å². The SMILES string of the molecule is CCN(CC)C(=O)CSc1nnc(-c2cccnc2)n1N. The molecule has 2 aromatic rings. The van der Waals surface area contributed by atoms with Crippen LogP contribution in [0.25, 0.3) is 11.4 Å². The van der Waals surface area contributed by atoms with Crippen molar-refractivity contribution in [2.75, 3.05) is 24.7 Å². The fourth-order valence-electron chi connectivity index (χ4n) is 1.86. The number of thioether (sulfide) groups is 1. The van der Waals surface area contributed by atoms with Gasteiger partial charge in [-0.1, -0.05) is 11.8 Å². The maximum absolute atomic E-state index is 12.0. The molecule has 0 fully saturated rings. The molecule has 0 aromatic carbocycles. The Hall–Kier alpha value is -2.09. The smallest absolute Gasteiger partial charge is 0.233 e. The predicted octanol–water partition coefficient (Wildman–Crippen LogP) is 1.01. The summed E-state index contributed by atoms with van der Waals surface area (Å²) in [6.07, 6.45) is 3.35. The van der Waals surface area contributed by atoms with E-state index < -0.39 is 0 Å². The maximum atomic E-state index is 12.0. The van der Waals surface area contributed by atoms with Gasteiger partial charge in [-0.2, -0.15) is 0 Å². The summed E-state index contributed by atoms with van der Waals surface area (Å²) in [5.41, 5.74) is 0.786. The summed E-state index contributed by atoms with van der Waals surface area (Å²) in [7, 11) is 0. The van der Waals surface area contributed by atoms with Crippen molar-refractivity contribution in [2.45, 2.75) is 19.0 Å². The molecule has 0 radical (unpaired) electrons. The predicted molar refractivity (Wildman–Crippen MR) is 82.1 cm³/mol. The van der Waals surface area contributed by atoms with Crippen molar-refractivity contribution in [1.29, 1.82) is 0 Å². The first-order valence-electron chi connectivity index (χ1n) is 6.68. The van der Waals surface area contributed by atoms with Gasteiger partial charge in [-0.05, 0) is 26.0 Å². The minimum atomic E-state index is 0.0657. The molecule has 0 aliphatic carbocycles. The summed E-state index contributed by atoms with van der Waals surface area (Å²) in [4.78, 5) is 17.8. The highest BCUT2D eigenvalue weighted by atomic mass is 32.2. The molecule has 2 rings (SSSR count). The number of nitrogens with two attached hydrogens (primary N) is 1. The van der Waals surface area contributed by atoms with Crippen LogP contribution in [0.3, 0.4) is 0 Å². The first kappa shape index (κ1) is 15.3. The molecule has 2 heterocycles. The summed E-state index contributed by atoms with van der Waals surface area (Å²) in [6, 6.07) is 3.66. The van der Waals surface area contributed by atoms with Crippen LogP contribution in [0, 0.1) is 0 Å². The highest BCUT2D eigenvalue weighted by Crippen LogP contribution is 2.20. The lowest BCUT2D eigenvalue weighted by atomic mass is 10.3. The van der Waals surface area contributed by atoms with E-state index in [0.717, 1.165) is 5.56 Å². The summed E-state index contributed by atoms with van der Waals surface area (Å²) in [6.45, 7) is 5.31. The van der Waals surface area contributed by atoms with E-state index in [4.69, 9.17) is 5.84 Å². The van der Waals surface area contributed by atoms with Crippen LogP contribution in [0.5, 0.6) is 0 Å². The van der Waals surface area contributed by atoms with Gasteiger partial charge in [0.05, 0.1) is 5.75 Å². The van der Waals surface area contributed by atoms with Crippen LogP contribution in [0.2, 0.25) is 0 Å². The van der Waals surface area contributed by atoms with Gasteiger partial charge in [0.15, 0.2) is 5.82 Å². The van der Waals surface area contributed by atoms with Gasteiger partial charge < -0.3 is 10.7 Å². The molecule has 0 saturated heterocycles. The summed E-state index contributed by atoms with van der Waals surface area (Å²) in [5, 5.41) is 8.59. The van der Waals surface area contributed by atoms with E-state index in [-0.39, 0.29) is 5.91 Å². The standard InChI is InChI=1S/C13H18N6OS/c1-3-18(4-2)11(20)9-21-13-17-16-12(19(13)14)10-6-5-7-15-8-10/h5-8H,3-4,9,14H2,1-2H3. The van der Waals surface area contributed by atoms with Gasteiger partial charge in [-0.25, -0.2) is 4.68 Å². The summed E-state index contributed by atoms with van der Waals surface area (Å²) >= 11 is 1.28. The van der Waals surface area contributed by atoms with Gasteiger partial charge in [0.25, 0.3) is 0 Å². The first-order chi connectivity index (χ1) is 10.2. The zero-order chi connectivity index (χ0) is 15.2. The van der Waals surface area contributed by atoms with Gasteiger partial charge in [0, 0.05) is 31.0 Å². The van der Waals surface area contributed by atoms with E-state index in [1.54, 1.807) is 23.4 Å². The Balaban J connectivity index is 2.06. The molecular formula is C13H18N6OS. The Morgan fingerprint density at radius 2 is 2.14 bits per heavy atom. The second-order valence-electron chi connectivity index (χ2n) is 4.27. The van der Waals surface area contributed by atoms with Gasteiger partial charge in [0.1, 0.15) is 0 Å². The van der Waals surface area contributed by atoms with Crippen molar-refractivity contribution in [2.24, 2.45) is 0 Å². The van der Waals surface area contributed by atoms with Crippen molar-refractivity contribution in [1.82, 2.24) is 24.8 Å². The molecule has 0 aliphatic heterocycles. The second kappa shape index (κ2) is 7.07. The third kappa shape index (κ3) is 3.52. The number of carbonyl (C=O) groups excluding carboxylic acids is 1. The molecule has 7 nitrogen and oxygen atoms in total. The van der Waals surface area contributed by atoms with E-state index in [1.165, 1.54) is 16.4 Å². The molecule has 0 aliphatic rings. The van der Waals surface area contributed by atoms with Crippen molar-refractivity contribution < 1.29 is 4.79 Å². The lowest BCUT2D eigenvalue weighted by molar-refractivity contribution is -0.127. The third-order valence-electron chi connectivity index (χ3n) is 3.03. The number of rotatable bonds is 6. The Kier molecular flexibility index (Phi) is 5.15. The fourth-order valence-corrected chi connectivity index (χ4v) is 2.62. The zero-order valence-electron chi connectivity index (χ0n) is 12.1. The van der Waals surface area contributed by atoms with E-state index in [1.807, 2.05) is 19.9 Å². The minimum absolute atomic E-state index is 0.0657. The van der Waals surface area contributed by atoms with Crippen LogP contribution in [0.4, 0.5) is 0 Å². The number of hydrogen-bond acceptors (Lipinski definition) is 6. The molecule has 0 bridgehead atoms. The Morgan fingerprint density at radius 3 is 2.76 bits per heavy atom. The minimum Gasteiger partial charge on any atom is -0.343 e. The topological polar surface area (TPSA) is 89.9 Å². The van der Waals surface area contributed by atoms with E-state index in [0.29, 0.717) is 29.8 Å². The molecule has 2 N–H and O–H groups in total. The lowest BCUT2D eigenvalue weighted by Gasteiger charge is -2.17. The molecule has 0 atom stereocenters. The van der Waals surface area contributed by atoms with E-state index in [2.05, 4.69) is 15.2 Å². The number of hydrogen-bond donors (Lipinski definition) is 1. The van der Waals surface area contributed by atoms with Gasteiger partial charge in [-0.15, -0.1) is 10.2 Å². The molecule has 0 spiro atoms. The van der Waals surface area contributed by atoms with Gasteiger partial charge >= 0.3 is 0 Å². The molecule has 8 heteroatoms. The molecule has 2 aromatic heterocycles. The quantitative estimate of drug-likeness (QED) is 0.633. The average Bonchev–Trinajstić information content (AvgIpc) is 2.88. The van der Waals surface area contributed by atoms with Crippen molar-refractivity contribution in [3.63, 3.8) is 0 Å². The van der Waals surface area contributed by atoms with Crippen LogP contribution in [0.15, 0.2) is 29.7 Å². The number of carbonyl (C=O) groups is 1. The van der Waals surface area contributed by atoms with Gasteiger partial charge in [-0.3, -0.25) is 9.78 Å². The second-order valence-corrected chi connectivity index (χ2v) is 5.22. The van der Waals surface area contributed by atoms with Crippen molar-refractivity contribution >= 4 is 17.7 Å². The van der Waals surface area contributed by atoms with E-state index in [9.17, 15) is 4.79 Å². The average molecular weight is 306 g/mol. The van der Waals surface area contributed by atoms with Crippen molar-refractivity contribution in [3.05, 3.63) is 24.5 Å². The monoisotopic (exact) mass is 306 g/mol. The molecule has 21 heavy (non-hydrogen) atoms.